The molecular weight excluding hydrogens is 685 g/mol. The van der Waals surface area contributed by atoms with Crippen LogP contribution in [0.1, 0.15) is 51.5 Å². The molecule has 2 atom stereocenters. The van der Waals surface area contributed by atoms with Crippen molar-refractivity contribution in [2.45, 2.75) is 69.2 Å². The lowest BCUT2D eigenvalue weighted by Gasteiger charge is -2.31. The average molecular weight is 723 g/mol. The van der Waals surface area contributed by atoms with Crippen LogP contribution in [0, 0.1) is 21.1 Å². The van der Waals surface area contributed by atoms with Crippen LogP contribution in [0.2, 0.25) is 0 Å². The largest absolute Gasteiger partial charge is 0.480 e. The summed E-state index contributed by atoms with van der Waals surface area (Å²) in [7, 11) is 0. The number of hydrogen-bond acceptors (Lipinski definition) is 4. The summed E-state index contributed by atoms with van der Waals surface area (Å²) in [5.41, 5.74) is 1.12. The van der Waals surface area contributed by atoms with Gasteiger partial charge < -0.3 is 15.7 Å². The van der Waals surface area contributed by atoms with Crippen LogP contribution in [0.5, 0.6) is 0 Å². The molecule has 1 saturated carbocycles. The standard InChI is InChI=1S/C27H33FN2O4S.C6H4FI/c1-17(2)14-23(35)24(31)30-27(12-3-4-13-27)26(34)29-22(25(32)33)15-18-8-10-19(11-9-18)20-6-5-7-21(28)16-20;7-5-2-1-3-6(8)4-5/h5-11,16-17,22-23,35H,3-4,12-15H2,1-2H3,(H,29,34)(H,30,31)(H,32,33);1-4H. The first-order chi connectivity index (χ1) is 20.4. The van der Waals surface area contributed by atoms with Crippen LogP contribution in [-0.4, -0.2) is 39.7 Å². The molecule has 0 aromatic heterocycles. The lowest BCUT2D eigenvalue weighted by Crippen LogP contribution is -2.61. The molecule has 2 amide bonds. The minimum Gasteiger partial charge on any atom is -0.480 e. The maximum Gasteiger partial charge on any atom is 0.326 e. The van der Waals surface area contributed by atoms with E-state index in [4.69, 9.17) is 0 Å². The summed E-state index contributed by atoms with van der Waals surface area (Å²) >= 11 is 6.46. The van der Waals surface area contributed by atoms with Gasteiger partial charge in [0.15, 0.2) is 0 Å². The van der Waals surface area contributed by atoms with Crippen molar-refractivity contribution in [3.8, 4) is 11.1 Å². The maximum atomic E-state index is 13.5. The highest BCUT2D eigenvalue weighted by molar-refractivity contribution is 14.1. The van der Waals surface area contributed by atoms with Gasteiger partial charge in [-0.2, -0.15) is 12.6 Å². The summed E-state index contributed by atoms with van der Waals surface area (Å²) in [4.78, 5) is 38.0. The Hall–Kier alpha value is -2.99. The Balaban J connectivity index is 0.000000546. The van der Waals surface area contributed by atoms with Gasteiger partial charge in [-0.15, -0.1) is 0 Å². The molecule has 0 heterocycles. The van der Waals surface area contributed by atoms with Gasteiger partial charge in [-0.05, 0) is 94.8 Å². The monoisotopic (exact) mass is 722 g/mol. The molecule has 0 radical (unpaired) electrons. The SMILES string of the molecule is CC(C)CC(S)C(=O)NC1(C(=O)NC(Cc2ccc(-c3cccc(F)c3)cc2)C(=O)O)CCCC1.Fc1cccc(I)c1. The van der Waals surface area contributed by atoms with Gasteiger partial charge in [0, 0.05) is 9.99 Å². The third kappa shape index (κ3) is 10.6. The molecule has 0 bridgehead atoms. The third-order valence-corrected chi connectivity index (χ3v) is 8.31. The predicted octanol–water partition coefficient (Wildman–Crippen LogP) is 6.81. The number of nitrogens with one attached hydrogen (secondary N) is 2. The van der Waals surface area contributed by atoms with Crippen LogP contribution in [0.3, 0.4) is 0 Å². The van der Waals surface area contributed by atoms with Gasteiger partial charge in [0.05, 0.1) is 5.25 Å². The number of amides is 2. The highest BCUT2D eigenvalue weighted by Crippen LogP contribution is 2.31. The predicted molar refractivity (Wildman–Crippen MR) is 176 cm³/mol. The fourth-order valence-corrected chi connectivity index (χ4v) is 5.94. The molecule has 10 heteroatoms. The van der Waals surface area contributed by atoms with Crippen molar-refractivity contribution in [2.24, 2.45) is 5.92 Å². The van der Waals surface area contributed by atoms with Gasteiger partial charge in [0.2, 0.25) is 11.8 Å². The van der Waals surface area contributed by atoms with E-state index in [2.05, 4.69) is 45.9 Å². The molecule has 3 aromatic rings. The summed E-state index contributed by atoms with van der Waals surface area (Å²) in [5.74, 6) is -2.16. The van der Waals surface area contributed by atoms with E-state index >= 15 is 0 Å². The van der Waals surface area contributed by atoms with Gasteiger partial charge >= 0.3 is 5.97 Å². The van der Waals surface area contributed by atoms with Gasteiger partial charge in [-0.25, -0.2) is 13.6 Å². The number of carbonyl (C=O) groups is 3. The molecule has 0 saturated heterocycles. The summed E-state index contributed by atoms with van der Waals surface area (Å²) in [5, 5.41) is 14.8. The van der Waals surface area contributed by atoms with Crippen molar-refractivity contribution in [3.05, 3.63) is 93.6 Å². The number of halogens is 3. The van der Waals surface area contributed by atoms with Crippen LogP contribution in [-0.2, 0) is 20.8 Å². The molecule has 3 N–H and O–H groups in total. The zero-order valence-electron chi connectivity index (χ0n) is 24.2. The highest BCUT2D eigenvalue weighted by Gasteiger charge is 2.44. The number of carboxylic acids is 1. The Morgan fingerprint density at radius 3 is 2.05 bits per heavy atom. The second kappa shape index (κ2) is 16.2. The quantitative estimate of drug-likeness (QED) is 0.137. The van der Waals surface area contributed by atoms with Gasteiger partial charge in [-0.3, -0.25) is 9.59 Å². The van der Waals surface area contributed by atoms with Crippen molar-refractivity contribution in [3.63, 3.8) is 0 Å². The van der Waals surface area contributed by atoms with E-state index in [1.165, 1.54) is 24.3 Å². The first-order valence-electron chi connectivity index (χ1n) is 14.2. The Bertz CT molecular complexity index is 1380. The van der Waals surface area contributed by atoms with E-state index < -0.39 is 28.7 Å². The van der Waals surface area contributed by atoms with Crippen molar-refractivity contribution >= 4 is 53.0 Å². The molecule has 0 spiro atoms. The normalized spacial score (nSPS) is 15.1. The number of carbonyl (C=O) groups excluding carboxylic acids is 2. The topological polar surface area (TPSA) is 95.5 Å². The Labute approximate surface area is 270 Å². The maximum absolute atomic E-state index is 13.5. The first-order valence-corrected chi connectivity index (χ1v) is 15.8. The second-order valence-electron chi connectivity index (χ2n) is 11.1. The lowest BCUT2D eigenvalue weighted by atomic mass is 9.94. The molecule has 6 nitrogen and oxygen atoms in total. The number of hydrogen-bond donors (Lipinski definition) is 4. The fraction of sp³-hybridized carbons (Fsp3) is 0.364. The van der Waals surface area contributed by atoms with E-state index in [-0.39, 0.29) is 29.9 Å². The summed E-state index contributed by atoms with van der Waals surface area (Å²) < 4.78 is 26.6. The number of aliphatic carboxylic acids is 1. The fourth-order valence-electron chi connectivity index (χ4n) is 4.95. The second-order valence-corrected chi connectivity index (χ2v) is 13.0. The van der Waals surface area contributed by atoms with E-state index in [0.29, 0.717) is 19.3 Å². The number of benzene rings is 3. The zero-order valence-corrected chi connectivity index (χ0v) is 27.2. The van der Waals surface area contributed by atoms with Crippen LogP contribution >= 0.6 is 35.2 Å². The van der Waals surface area contributed by atoms with E-state index in [1.807, 2.05) is 19.9 Å². The smallest absolute Gasteiger partial charge is 0.326 e. The van der Waals surface area contributed by atoms with Crippen molar-refractivity contribution in [2.75, 3.05) is 0 Å². The Morgan fingerprint density at radius 2 is 1.53 bits per heavy atom. The number of carboxylic acid groups (broad SMARTS) is 1. The molecule has 1 fully saturated rings. The average Bonchev–Trinajstić information content (AvgIpc) is 3.42. The minimum absolute atomic E-state index is 0.0804. The van der Waals surface area contributed by atoms with E-state index in [1.54, 1.807) is 42.5 Å². The molecule has 230 valence electrons. The van der Waals surface area contributed by atoms with Gasteiger partial charge in [0.1, 0.15) is 23.2 Å². The van der Waals surface area contributed by atoms with Crippen LogP contribution < -0.4 is 10.6 Å². The van der Waals surface area contributed by atoms with Crippen LogP contribution in [0.4, 0.5) is 8.78 Å². The lowest BCUT2D eigenvalue weighted by molar-refractivity contribution is -0.143. The van der Waals surface area contributed by atoms with Gasteiger partial charge in [-0.1, -0.05) is 69.2 Å². The molecule has 0 aliphatic heterocycles. The molecular formula is C33H37F2IN2O4S. The summed E-state index contributed by atoms with van der Waals surface area (Å²) in [6.45, 7) is 3.99. The molecule has 4 rings (SSSR count). The molecule has 43 heavy (non-hydrogen) atoms. The number of thiol groups is 1. The van der Waals surface area contributed by atoms with Crippen LogP contribution in [0.15, 0.2) is 72.8 Å². The van der Waals surface area contributed by atoms with Crippen LogP contribution in [0.25, 0.3) is 11.1 Å². The molecule has 1 aliphatic rings. The van der Waals surface area contributed by atoms with Crippen molar-refractivity contribution in [1.82, 2.24) is 10.6 Å². The molecule has 2 unspecified atom stereocenters. The molecule has 1 aliphatic carbocycles. The van der Waals surface area contributed by atoms with E-state index in [9.17, 15) is 28.3 Å². The first kappa shape index (κ1) is 34.5. The minimum atomic E-state index is -1.15. The summed E-state index contributed by atoms with van der Waals surface area (Å²) in [6.07, 6.45) is 3.12. The highest BCUT2D eigenvalue weighted by atomic mass is 127. The zero-order chi connectivity index (χ0) is 31.6. The Morgan fingerprint density at radius 1 is 0.930 bits per heavy atom. The van der Waals surface area contributed by atoms with E-state index in [0.717, 1.165) is 33.1 Å². The van der Waals surface area contributed by atoms with Crippen molar-refractivity contribution < 1.29 is 28.3 Å². The number of rotatable bonds is 10. The van der Waals surface area contributed by atoms with Crippen molar-refractivity contribution in [1.29, 1.82) is 0 Å². The third-order valence-electron chi connectivity index (χ3n) is 7.19. The van der Waals surface area contributed by atoms with Gasteiger partial charge in [0.25, 0.3) is 0 Å². The summed E-state index contributed by atoms with van der Waals surface area (Å²) in [6, 6.07) is 18.7. The molecule has 3 aromatic carbocycles. The Kier molecular flexibility index (Phi) is 13.0.